The van der Waals surface area contributed by atoms with Gasteiger partial charge in [-0.05, 0) is 42.2 Å². The molecule has 0 bridgehead atoms. The van der Waals surface area contributed by atoms with Crippen LogP contribution in [0.2, 0.25) is 0 Å². The molecule has 126 valence electrons. The maximum absolute atomic E-state index is 13.5. The van der Waals surface area contributed by atoms with Crippen LogP contribution in [-0.2, 0) is 13.0 Å². The molecule has 0 aliphatic carbocycles. The van der Waals surface area contributed by atoms with Gasteiger partial charge in [-0.1, -0.05) is 24.3 Å². The Morgan fingerprint density at radius 2 is 1.92 bits per heavy atom. The first-order valence-corrected chi connectivity index (χ1v) is 8.16. The van der Waals surface area contributed by atoms with E-state index in [-0.39, 0.29) is 5.56 Å². The van der Waals surface area contributed by atoms with Crippen molar-refractivity contribution in [2.75, 3.05) is 19.6 Å². The predicted molar refractivity (Wildman–Crippen MR) is 88.7 cm³/mol. The van der Waals surface area contributed by atoms with Crippen LogP contribution in [0.15, 0.2) is 42.5 Å². The third-order valence-corrected chi connectivity index (χ3v) is 4.32. The fourth-order valence-electron chi connectivity index (χ4n) is 3.02. The van der Waals surface area contributed by atoms with Crippen molar-refractivity contribution < 1.29 is 13.6 Å². The zero-order chi connectivity index (χ0) is 16.9. The minimum atomic E-state index is -0.707. The van der Waals surface area contributed by atoms with E-state index in [4.69, 9.17) is 0 Å². The van der Waals surface area contributed by atoms with E-state index in [1.165, 1.54) is 11.1 Å². The Morgan fingerprint density at radius 1 is 1.12 bits per heavy atom. The number of hydrogen-bond acceptors (Lipinski definition) is 2. The average Bonchev–Trinajstić information content (AvgIpc) is 2.60. The summed E-state index contributed by atoms with van der Waals surface area (Å²) in [6.07, 6.45) is 1.81. The van der Waals surface area contributed by atoms with Crippen LogP contribution in [0.3, 0.4) is 0 Å². The Balaban J connectivity index is 1.44. The zero-order valence-corrected chi connectivity index (χ0v) is 13.4. The fourth-order valence-corrected chi connectivity index (χ4v) is 3.02. The maximum atomic E-state index is 13.5. The third-order valence-electron chi connectivity index (χ3n) is 4.32. The lowest BCUT2D eigenvalue weighted by Crippen LogP contribution is -2.33. The maximum Gasteiger partial charge on any atom is 0.254 e. The summed E-state index contributed by atoms with van der Waals surface area (Å²) in [5, 5.41) is 2.65. The number of benzene rings is 2. The van der Waals surface area contributed by atoms with Crippen LogP contribution in [0.5, 0.6) is 0 Å². The number of carbonyl (C=O) groups excluding carboxylic acids is 1. The van der Waals surface area contributed by atoms with E-state index in [1.807, 2.05) is 0 Å². The van der Waals surface area contributed by atoms with Gasteiger partial charge in [0.1, 0.15) is 11.6 Å². The largest absolute Gasteiger partial charge is 0.352 e. The number of halogens is 2. The van der Waals surface area contributed by atoms with Gasteiger partial charge in [-0.3, -0.25) is 9.69 Å². The molecule has 0 spiro atoms. The Labute approximate surface area is 140 Å². The molecule has 0 atom stereocenters. The van der Waals surface area contributed by atoms with Gasteiger partial charge in [-0.25, -0.2) is 8.78 Å². The van der Waals surface area contributed by atoms with Gasteiger partial charge in [-0.2, -0.15) is 0 Å². The van der Waals surface area contributed by atoms with Crippen molar-refractivity contribution in [2.45, 2.75) is 19.4 Å². The van der Waals surface area contributed by atoms with Crippen LogP contribution in [0.4, 0.5) is 8.78 Å². The van der Waals surface area contributed by atoms with E-state index in [0.29, 0.717) is 6.54 Å². The topological polar surface area (TPSA) is 32.3 Å². The molecule has 1 N–H and O–H groups in total. The van der Waals surface area contributed by atoms with Gasteiger partial charge in [0.05, 0.1) is 5.56 Å². The van der Waals surface area contributed by atoms with E-state index < -0.39 is 17.5 Å². The molecule has 3 rings (SSSR count). The summed E-state index contributed by atoms with van der Waals surface area (Å²) in [5.41, 5.74) is 2.51. The molecule has 0 radical (unpaired) electrons. The third kappa shape index (κ3) is 3.97. The Hall–Kier alpha value is -2.27. The highest BCUT2D eigenvalue weighted by Gasteiger charge is 2.16. The molecule has 1 aliphatic heterocycles. The number of nitrogens with zero attached hydrogens (tertiary/aromatic N) is 1. The molecule has 0 aromatic heterocycles. The number of fused-ring (bicyclic) bond motifs is 1. The highest BCUT2D eigenvalue weighted by Crippen LogP contribution is 2.18. The molecule has 0 unspecified atom stereocenters. The highest BCUT2D eigenvalue weighted by molar-refractivity contribution is 5.94. The molecule has 2 aromatic carbocycles. The van der Waals surface area contributed by atoms with Crippen LogP contribution < -0.4 is 5.32 Å². The summed E-state index contributed by atoms with van der Waals surface area (Å²) in [6, 6.07) is 11.3. The second-order valence-electron chi connectivity index (χ2n) is 6.03. The molecule has 1 heterocycles. The smallest absolute Gasteiger partial charge is 0.254 e. The number of carbonyl (C=O) groups is 1. The average molecular weight is 330 g/mol. The summed E-state index contributed by atoms with van der Waals surface area (Å²) in [5.74, 6) is -1.90. The standard InChI is InChI=1S/C19H20F2N2O/c20-16-6-7-18(21)17(12-16)19(24)22-9-3-10-23-11-8-14-4-1-2-5-15(14)13-23/h1-2,4-7,12H,3,8-11,13H2,(H,22,24). The molecule has 2 aromatic rings. The van der Waals surface area contributed by atoms with Gasteiger partial charge in [0.25, 0.3) is 5.91 Å². The van der Waals surface area contributed by atoms with E-state index in [9.17, 15) is 13.6 Å². The molecule has 24 heavy (non-hydrogen) atoms. The van der Waals surface area contributed by atoms with E-state index >= 15 is 0 Å². The van der Waals surface area contributed by atoms with Crippen LogP contribution in [0.25, 0.3) is 0 Å². The molecular weight excluding hydrogens is 310 g/mol. The quantitative estimate of drug-likeness (QED) is 0.854. The molecule has 0 saturated heterocycles. The lowest BCUT2D eigenvalue weighted by atomic mass is 10.00. The Bertz CT molecular complexity index is 733. The van der Waals surface area contributed by atoms with Gasteiger partial charge in [0.15, 0.2) is 0 Å². The monoisotopic (exact) mass is 330 g/mol. The summed E-state index contributed by atoms with van der Waals surface area (Å²) in [4.78, 5) is 14.2. The number of nitrogens with one attached hydrogen (secondary N) is 1. The Morgan fingerprint density at radius 3 is 2.75 bits per heavy atom. The van der Waals surface area contributed by atoms with Crippen LogP contribution in [-0.4, -0.2) is 30.4 Å². The van der Waals surface area contributed by atoms with Crippen molar-refractivity contribution in [1.29, 1.82) is 0 Å². The minimum absolute atomic E-state index is 0.248. The van der Waals surface area contributed by atoms with Gasteiger partial charge >= 0.3 is 0 Å². The summed E-state index contributed by atoms with van der Waals surface area (Å²) < 4.78 is 26.6. The van der Waals surface area contributed by atoms with Crippen molar-refractivity contribution in [2.24, 2.45) is 0 Å². The van der Waals surface area contributed by atoms with Crippen molar-refractivity contribution in [3.63, 3.8) is 0 Å². The van der Waals surface area contributed by atoms with Crippen molar-refractivity contribution in [3.05, 3.63) is 70.8 Å². The fraction of sp³-hybridized carbons (Fsp3) is 0.316. The minimum Gasteiger partial charge on any atom is -0.352 e. The second-order valence-corrected chi connectivity index (χ2v) is 6.03. The van der Waals surface area contributed by atoms with Crippen molar-refractivity contribution in [3.8, 4) is 0 Å². The van der Waals surface area contributed by atoms with Crippen LogP contribution >= 0.6 is 0 Å². The lowest BCUT2D eigenvalue weighted by molar-refractivity contribution is 0.0946. The summed E-state index contributed by atoms with van der Waals surface area (Å²) >= 11 is 0. The van der Waals surface area contributed by atoms with E-state index in [0.717, 1.165) is 50.7 Å². The first-order chi connectivity index (χ1) is 11.6. The van der Waals surface area contributed by atoms with Gasteiger partial charge in [-0.15, -0.1) is 0 Å². The normalized spacial score (nSPS) is 14.2. The Kier molecular flexibility index (Phi) is 5.20. The molecule has 0 saturated carbocycles. The second kappa shape index (κ2) is 7.53. The molecular formula is C19H20F2N2O. The highest BCUT2D eigenvalue weighted by atomic mass is 19.1. The first-order valence-electron chi connectivity index (χ1n) is 8.16. The van der Waals surface area contributed by atoms with Gasteiger partial charge in [0, 0.05) is 26.2 Å². The number of amides is 1. The SMILES string of the molecule is O=C(NCCCN1CCc2ccccc2C1)c1cc(F)ccc1F. The van der Waals surface area contributed by atoms with Crippen molar-refractivity contribution in [1.82, 2.24) is 10.2 Å². The number of rotatable bonds is 5. The van der Waals surface area contributed by atoms with E-state index in [2.05, 4.69) is 34.5 Å². The van der Waals surface area contributed by atoms with Crippen LogP contribution in [0.1, 0.15) is 27.9 Å². The number of hydrogen-bond donors (Lipinski definition) is 1. The van der Waals surface area contributed by atoms with Gasteiger partial charge < -0.3 is 5.32 Å². The first kappa shape index (κ1) is 16.6. The van der Waals surface area contributed by atoms with Crippen LogP contribution in [0, 0.1) is 11.6 Å². The van der Waals surface area contributed by atoms with Gasteiger partial charge in [0.2, 0.25) is 0 Å². The van der Waals surface area contributed by atoms with Crippen molar-refractivity contribution >= 4 is 5.91 Å². The summed E-state index contributed by atoms with van der Waals surface area (Å²) in [6.45, 7) is 3.22. The molecule has 1 amide bonds. The lowest BCUT2D eigenvalue weighted by Gasteiger charge is -2.28. The summed E-state index contributed by atoms with van der Waals surface area (Å²) in [7, 11) is 0. The predicted octanol–water partition coefficient (Wildman–Crippen LogP) is 3.14. The van der Waals surface area contributed by atoms with E-state index in [1.54, 1.807) is 0 Å². The molecule has 0 fully saturated rings. The molecule has 1 aliphatic rings. The zero-order valence-electron chi connectivity index (χ0n) is 13.4. The molecule has 5 heteroatoms. The molecule has 3 nitrogen and oxygen atoms in total.